The van der Waals surface area contributed by atoms with Gasteiger partial charge in [0.05, 0.1) is 0 Å². The zero-order valence-electron chi connectivity index (χ0n) is 8.88. The Kier molecular flexibility index (Phi) is 3.29. The average Bonchev–Trinajstić information content (AvgIpc) is 2.39. The molecule has 1 aromatic carbocycles. The van der Waals surface area contributed by atoms with E-state index in [0.29, 0.717) is 6.54 Å². The van der Waals surface area contributed by atoms with E-state index in [0.717, 1.165) is 16.7 Å². The first kappa shape index (κ1) is 10.8. The summed E-state index contributed by atoms with van der Waals surface area (Å²) in [6.07, 6.45) is 2.71. The minimum atomic E-state index is -0.639. The average molecular weight is 214 g/mol. The maximum atomic E-state index is 10.1. The van der Waals surface area contributed by atoms with E-state index in [4.69, 9.17) is 5.73 Å². The van der Waals surface area contributed by atoms with Gasteiger partial charge < -0.3 is 10.8 Å². The van der Waals surface area contributed by atoms with E-state index >= 15 is 0 Å². The Labute approximate surface area is 94.6 Å². The zero-order valence-corrected chi connectivity index (χ0v) is 8.88. The van der Waals surface area contributed by atoms with Crippen molar-refractivity contribution in [2.45, 2.75) is 12.6 Å². The van der Waals surface area contributed by atoms with E-state index in [1.807, 2.05) is 36.4 Å². The first-order chi connectivity index (χ1) is 7.81. The summed E-state index contributed by atoms with van der Waals surface area (Å²) < 4.78 is 0. The lowest BCUT2D eigenvalue weighted by Gasteiger charge is -2.11. The number of rotatable bonds is 3. The second-order valence-electron chi connectivity index (χ2n) is 3.64. The minimum Gasteiger partial charge on any atom is -0.384 e. The first-order valence-electron chi connectivity index (χ1n) is 5.18. The molecule has 2 aromatic rings. The van der Waals surface area contributed by atoms with Crippen LogP contribution in [0.1, 0.15) is 22.8 Å². The van der Waals surface area contributed by atoms with Crippen LogP contribution in [0.5, 0.6) is 0 Å². The zero-order chi connectivity index (χ0) is 11.4. The Morgan fingerprint density at radius 3 is 2.69 bits per heavy atom. The molecule has 0 radical (unpaired) electrons. The summed E-state index contributed by atoms with van der Waals surface area (Å²) in [4.78, 5) is 3.99. The number of hydrogen-bond donors (Lipinski definition) is 2. The molecule has 0 aliphatic carbocycles. The van der Waals surface area contributed by atoms with E-state index in [9.17, 15) is 5.11 Å². The van der Waals surface area contributed by atoms with Gasteiger partial charge in [-0.05, 0) is 17.2 Å². The van der Waals surface area contributed by atoms with Gasteiger partial charge in [-0.15, -0.1) is 0 Å². The smallest absolute Gasteiger partial charge is 0.106 e. The molecule has 0 aliphatic heterocycles. The molecule has 16 heavy (non-hydrogen) atoms. The van der Waals surface area contributed by atoms with Gasteiger partial charge in [-0.2, -0.15) is 0 Å². The highest BCUT2D eigenvalue weighted by Gasteiger charge is 2.10. The van der Waals surface area contributed by atoms with Crippen LogP contribution < -0.4 is 5.73 Å². The second-order valence-corrected chi connectivity index (χ2v) is 3.64. The molecule has 1 unspecified atom stereocenters. The Bertz CT molecular complexity index is 456. The molecule has 1 aromatic heterocycles. The molecule has 3 N–H and O–H groups in total. The molecule has 0 fully saturated rings. The largest absolute Gasteiger partial charge is 0.384 e. The van der Waals surface area contributed by atoms with Crippen LogP contribution in [-0.2, 0) is 6.54 Å². The SMILES string of the molecule is NCc1cccc(C(O)c2cccnc2)c1. The van der Waals surface area contributed by atoms with Crippen molar-refractivity contribution in [1.82, 2.24) is 4.98 Å². The number of aliphatic hydroxyl groups is 1. The van der Waals surface area contributed by atoms with Crippen LogP contribution in [0.4, 0.5) is 0 Å². The number of nitrogens with two attached hydrogens (primary N) is 1. The van der Waals surface area contributed by atoms with Crippen molar-refractivity contribution in [3.05, 3.63) is 65.5 Å². The van der Waals surface area contributed by atoms with Crippen LogP contribution in [0, 0.1) is 0 Å². The van der Waals surface area contributed by atoms with Gasteiger partial charge in [-0.25, -0.2) is 0 Å². The van der Waals surface area contributed by atoms with Gasteiger partial charge in [0, 0.05) is 24.5 Å². The van der Waals surface area contributed by atoms with E-state index < -0.39 is 6.10 Å². The number of benzene rings is 1. The van der Waals surface area contributed by atoms with Crippen LogP contribution in [0.15, 0.2) is 48.8 Å². The van der Waals surface area contributed by atoms with Crippen molar-refractivity contribution in [1.29, 1.82) is 0 Å². The standard InChI is InChI=1S/C13H14N2O/c14-8-10-3-1-4-11(7-10)13(16)12-5-2-6-15-9-12/h1-7,9,13,16H,8,14H2. The summed E-state index contributed by atoms with van der Waals surface area (Å²) in [5, 5.41) is 10.1. The fourth-order valence-electron chi connectivity index (χ4n) is 1.62. The number of pyridine rings is 1. The minimum absolute atomic E-state index is 0.480. The maximum Gasteiger partial charge on any atom is 0.106 e. The van der Waals surface area contributed by atoms with Crippen molar-refractivity contribution < 1.29 is 5.11 Å². The van der Waals surface area contributed by atoms with Crippen molar-refractivity contribution in [3.63, 3.8) is 0 Å². The number of aliphatic hydroxyl groups excluding tert-OH is 1. The molecule has 0 aliphatic rings. The van der Waals surface area contributed by atoms with Gasteiger partial charge >= 0.3 is 0 Å². The van der Waals surface area contributed by atoms with Gasteiger partial charge in [0.2, 0.25) is 0 Å². The van der Waals surface area contributed by atoms with Gasteiger partial charge in [-0.3, -0.25) is 4.98 Å². The Hall–Kier alpha value is -1.71. The van der Waals surface area contributed by atoms with Crippen molar-refractivity contribution >= 4 is 0 Å². The molecule has 3 heteroatoms. The molecule has 2 rings (SSSR count). The molecule has 1 heterocycles. The molecular weight excluding hydrogens is 200 g/mol. The predicted octanol–water partition coefficient (Wildman–Crippen LogP) is 1.62. The van der Waals surface area contributed by atoms with E-state index in [1.165, 1.54) is 0 Å². The highest BCUT2D eigenvalue weighted by Crippen LogP contribution is 2.21. The third-order valence-electron chi connectivity index (χ3n) is 2.50. The van der Waals surface area contributed by atoms with Crippen molar-refractivity contribution in [3.8, 4) is 0 Å². The normalized spacial score (nSPS) is 12.4. The van der Waals surface area contributed by atoms with Gasteiger partial charge in [-0.1, -0.05) is 30.3 Å². The maximum absolute atomic E-state index is 10.1. The number of nitrogens with zero attached hydrogens (tertiary/aromatic N) is 1. The summed E-state index contributed by atoms with van der Waals surface area (Å²) in [7, 11) is 0. The van der Waals surface area contributed by atoms with Gasteiger partial charge in [0.25, 0.3) is 0 Å². The molecule has 0 spiro atoms. The fraction of sp³-hybridized carbons (Fsp3) is 0.154. The Morgan fingerprint density at radius 2 is 2.00 bits per heavy atom. The van der Waals surface area contributed by atoms with Crippen LogP contribution >= 0.6 is 0 Å². The fourth-order valence-corrected chi connectivity index (χ4v) is 1.62. The summed E-state index contributed by atoms with van der Waals surface area (Å²) in [6.45, 7) is 0.480. The Morgan fingerprint density at radius 1 is 1.19 bits per heavy atom. The molecular formula is C13H14N2O. The van der Waals surface area contributed by atoms with Crippen LogP contribution in [0.25, 0.3) is 0 Å². The van der Waals surface area contributed by atoms with E-state index in [-0.39, 0.29) is 0 Å². The van der Waals surface area contributed by atoms with E-state index in [1.54, 1.807) is 12.4 Å². The predicted molar refractivity (Wildman–Crippen MR) is 62.6 cm³/mol. The molecule has 3 nitrogen and oxygen atoms in total. The monoisotopic (exact) mass is 214 g/mol. The lowest BCUT2D eigenvalue weighted by atomic mass is 10.0. The lowest BCUT2D eigenvalue weighted by Crippen LogP contribution is -2.02. The van der Waals surface area contributed by atoms with Crippen molar-refractivity contribution in [2.24, 2.45) is 5.73 Å². The molecule has 0 amide bonds. The topological polar surface area (TPSA) is 59.1 Å². The second kappa shape index (κ2) is 4.88. The summed E-state index contributed by atoms with van der Waals surface area (Å²) >= 11 is 0. The Balaban J connectivity index is 2.30. The van der Waals surface area contributed by atoms with Crippen LogP contribution in [-0.4, -0.2) is 10.1 Å². The van der Waals surface area contributed by atoms with Crippen molar-refractivity contribution in [2.75, 3.05) is 0 Å². The van der Waals surface area contributed by atoms with Gasteiger partial charge in [0.15, 0.2) is 0 Å². The third kappa shape index (κ3) is 2.27. The molecule has 1 atom stereocenters. The molecule has 82 valence electrons. The van der Waals surface area contributed by atoms with Gasteiger partial charge in [0.1, 0.15) is 6.10 Å². The third-order valence-corrected chi connectivity index (χ3v) is 2.50. The lowest BCUT2D eigenvalue weighted by molar-refractivity contribution is 0.220. The summed E-state index contributed by atoms with van der Waals surface area (Å²) in [6, 6.07) is 11.3. The molecule has 0 saturated carbocycles. The van der Waals surface area contributed by atoms with Crippen LogP contribution in [0.2, 0.25) is 0 Å². The van der Waals surface area contributed by atoms with E-state index in [2.05, 4.69) is 4.98 Å². The molecule has 0 saturated heterocycles. The highest BCUT2D eigenvalue weighted by molar-refractivity contribution is 5.31. The number of hydrogen-bond acceptors (Lipinski definition) is 3. The molecule has 0 bridgehead atoms. The van der Waals surface area contributed by atoms with Crippen LogP contribution in [0.3, 0.4) is 0 Å². The first-order valence-corrected chi connectivity index (χ1v) is 5.18. The highest BCUT2D eigenvalue weighted by atomic mass is 16.3. The number of aromatic nitrogens is 1. The quantitative estimate of drug-likeness (QED) is 0.816. The summed E-state index contributed by atoms with van der Waals surface area (Å²) in [5.41, 5.74) is 8.21. The summed E-state index contributed by atoms with van der Waals surface area (Å²) in [5.74, 6) is 0.